The molecule has 0 heteroatoms. The van der Waals surface area contributed by atoms with Gasteiger partial charge in [0.1, 0.15) is 0 Å². The van der Waals surface area contributed by atoms with Crippen molar-refractivity contribution < 1.29 is 0 Å². The highest BCUT2D eigenvalue weighted by Gasteiger charge is 2.14. The molecule has 0 spiro atoms. The Labute approximate surface area is 110 Å². The van der Waals surface area contributed by atoms with Gasteiger partial charge in [0.05, 0.1) is 0 Å². The second-order valence-electron chi connectivity index (χ2n) is 5.90. The van der Waals surface area contributed by atoms with Crippen molar-refractivity contribution in [1.82, 2.24) is 0 Å². The van der Waals surface area contributed by atoms with Crippen LogP contribution in [0.1, 0.15) is 86.5 Å². The maximum absolute atomic E-state index is 2.42. The first kappa shape index (κ1) is 16.7. The predicted octanol–water partition coefficient (Wildman–Crippen LogP) is 6.37. The molecule has 0 saturated heterocycles. The summed E-state index contributed by atoms with van der Waals surface area (Å²) in [4.78, 5) is 0. The molecule has 0 aromatic rings. The summed E-state index contributed by atoms with van der Waals surface area (Å²) in [5.74, 6) is 1.55. The van der Waals surface area contributed by atoms with Crippen molar-refractivity contribution in [3.8, 4) is 0 Å². The predicted molar refractivity (Wildman–Crippen MR) is 80.4 cm³/mol. The molecule has 0 aliphatic carbocycles. The van der Waals surface area contributed by atoms with Crippen LogP contribution in [0.5, 0.6) is 0 Å². The van der Waals surface area contributed by atoms with Gasteiger partial charge in [0.25, 0.3) is 0 Å². The van der Waals surface area contributed by atoms with Gasteiger partial charge in [-0.2, -0.15) is 0 Å². The smallest absolute Gasteiger partial charge is 0.0206 e. The van der Waals surface area contributed by atoms with Crippen LogP contribution in [0.15, 0.2) is 11.1 Å². The summed E-state index contributed by atoms with van der Waals surface area (Å²) in [5.41, 5.74) is 3.45. The molecule has 0 aliphatic heterocycles. The lowest BCUT2D eigenvalue weighted by atomic mass is 9.83. The molecule has 0 fully saturated rings. The summed E-state index contributed by atoms with van der Waals surface area (Å²) in [6.45, 7) is 14.1. The van der Waals surface area contributed by atoms with Crippen molar-refractivity contribution in [2.24, 2.45) is 11.8 Å². The molecular weight excluding hydrogens is 204 g/mol. The van der Waals surface area contributed by atoms with Crippen LogP contribution in [-0.2, 0) is 0 Å². The Morgan fingerprint density at radius 3 is 1.88 bits per heavy atom. The third-order valence-electron chi connectivity index (χ3n) is 4.05. The zero-order valence-corrected chi connectivity index (χ0v) is 13.1. The van der Waals surface area contributed by atoms with Crippen molar-refractivity contribution in [3.63, 3.8) is 0 Å². The van der Waals surface area contributed by atoms with E-state index in [4.69, 9.17) is 0 Å². The van der Waals surface area contributed by atoms with E-state index in [-0.39, 0.29) is 0 Å². The Balaban J connectivity index is 4.55. The molecule has 0 rings (SSSR count). The van der Waals surface area contributed by atoms with Crippen molar-refractivity contribution in [2.45, 2.75) is 86.5 Å². The fourth-order valence-electron chi connectivity index (χ4n) is 2.40. The molecule has 1 unspecified atom stereocenters. The van der Waals surface area contributed by atoms with Crippen LogP contribution < -0.4 is 0 Å². The molecule has 102 valence electrons. The van der Waals surface area contributed by atoms with E-state index in [9.17, 15) is 0 Å². The molecule has 0 saturated carbocycles. The second-order valence-corrected chi connectivity index (χ2v) is 5.90. The van der Waals surface area contributed by atoms with Gasteiger partial charge in [0, 0.05) is 0 Å². The molecular formula is C17H34. The van der Waals surface area contributed by atoms with E-state index < -0.39 is 0 Å². The Bertz CT molecular complexity index is 210. The highest BCUT2D eigenvalue weighted by atomic mass is 14.2. The van der Waals surface area contributed by atoms with Crippen molar-refractivity contribution in [2.75, 3.05) is 0 Å². The largest absolute Gasteiger partial charge is 0.0738 e. The van der Waals surface area contributed by atoms with E-state index in [1.54, 1.807) is 11.1 Å². The first-order valence-corrected chi connectivity index (χ1v) is 7.73. The molecule has 0 aromatic carbocycles. The second kappa shape index (κ2) is 9.74. The van der Waals surface area contributed by atoms with Crippen molar-refractivity contribution >= 4 is 0 Å². The van der Waals surface area contributed by atoms with Crippen LogP contribution in [0.2, 0.25) is 0 Å². The monoisotopic (exact) mass is 238 g/mol. The standard InChI is InChI=1S/C17H34/c1-7-9-11-12-15(5)17(13-10-8-2)16(6)14(3)4/h14,16H,7-13H2,1-6H3. The zero-order chi connectivity index (χ0) is 13.3. The lowest BCUT2D eigenvalue weighted by Gasteiger charge is -2.23. The Morgan fingerprint density at radius 1 is 0.824 bits per heavy atom. The normalized spacial score (nSPS) is 15.0. The Kier molecular flexibility index (Phi) is 9.59. The minimum absolute atomic E-state index is 0.767. The topological polar surface area (TPSA) is 0 Å². The minimum atomic E-state index is 0.767. The van der Waals surface area contributed by atoms with Gasteiger partial charge in [-0.3, -0.25) is 0 Å². The molecule has 0 nitrogen and oxygen atoms in total. The molecule has 0 aliphatic rings. The Hall–Kier alpha value is -0.260. The van der Waals surface area contributed by atoms with Gasteiger partial charge < -0.3 is 0 Å². The molecule has 0 radical (unpaired) electrons. The van der Waals surface area contributed by atoms with E-state index in [1.165, 1.54) is 44.9 Å². The summed E-state index contributed by atoms with van der Waals surface area (Å²) < 4.78 is 0. The highest BCUT2D eigenvalue weighted by molar-refractivity contribution is 5.15. The zero-order valence-electron chi connectivity index (χ0n) is 13.1. The summed E-state index contributed by atoms with van der Waals surface area (Å²) in [6.07, 6.45) is 9.42. The number of rotatable bonds is 9. The van der Waals surface area contributed by atoms with Gasteiger partial charge in [-0.1, -0.05) is 65.0 Å². The van der Waals surface area contributed by atoms with E-state index >= 15 is 0 Å². The van der Waals surface area contributed by atoms with Crippen LogP contribution in [0.3, 0.4) is 0 Å². The third-order valence-corrected chi connectivity index (χ3v) is 4.05. The highest BCUT2D eigenvalue weighted by Crippen LogP contribution is 2.29. The van der Waals surface area contributed by atoms with E-state index in [0.717, 1.165) is 11.8 Å². The van der Waals surface area contributed by atoms with Gasteiger partial charge in [0.15, 0.2) is 0 Å². The van der Waals surface area contributed by atoms with Crippen molar-refractivity contribution in [1.29, 1.82) is 0 Å². The lowest BCUT2D eigenvalue weighted by molar-refractivity contribution is 0.456. The van der Waals surface area contributed by atoms with Gasteiger partial charge in [-0.15, -0.1) is 0 Å². The minimum Gasteiger partial charge on any atom is -0.0738 e. The van der Waals surface area contributed by atoms with Crippen LogP contribution in [-0.4, -0.2) is 0 Å². The average Bonchev–Trinajstić information content (AvgIpc) is 2.29. The molecule has 1 atom stereocenters. The first-order chi connectivity index (χ1) is 8.04. The quantitative estimate of drug-likeness (QED) is 0.323. The first-order valence-electron chi connectivity index (χ1n) is 7.73. The fourth-order valence-corrected chi connectivity index (χ4v) is 2.40. The summed E-state index contributed by atoms with van der Waals surface area (Å²) in [5, 5.41) is 0. The van der Waals surface area contributed by atoms with Crippen LogP contribution in [0.4, 0.5) is 0 Å². The molecule has 0 heterocycles. The maximum Gasteiger partial charge on any atom is -0.0206 e. The average molecular weight is 238 g/mol. The van der Waals surface area contributed by atoms with Crippen LogP contribution in [0, 0.1) is 11.8 Å². The molecule has 17 heavy (non-hydrogen) atoms. The number of hydrogen-bond donors (Lipinski definition) is 0. The maximum atomic E-state index is 2.42. The Morgan fingerprint density at radius 2 is 1.41 bits per heavy atom. The van der Waals surface area contributed by atoms with Gasteiger partial charge >= 0.3 is 0 Å². The number of allylic oxidation sites excluding steroid dienone is 2. The number of hydrogen-bond acceptors (Lipinski definition) is 0. The van der Waals surface area contributed by atoms with Gasteiger partial charge in [-0.05, 0) is 44.4 Å². The van der Waals surface area contributed by atoms with Crippen LogP contribution in [0.25, 0.3) is 0 Å². The third kappa shape index (κ3) is 6.91. The van der Waals surface area contributed by atoms with E-state index in [1.807, 2.05) is 0 Å². The van der Waals surface area contributed by atoms with E-state index in [2.05, 4.69) is 41.5 Å². The number of unbranched alkanes of at least 4 members (excludes halogenated alkanes) is 3. The molecule has 0 bridgehead atoms. The lowest BCUT2D eigenvalue weighted by Crippen LogP contribution is -2.09. The van der Waals surface area contributed by atoms with Crippen LogP contribution >= 0.6 is 0 Å². The summed E-state index contributed by atoms with van der Waals surface area (Å²) >= 11 is 0. The van der Waals surface area contributed by atoms with Gasteiger partial charge in [0.2, 0.25) is 0 Å². The fraction of sp³-hybridized carbons (Fsp3) is 0.882. The summed E-state index contributed by atoms with van der Waals surface area (Å²) in [7, 11) is 0. The molecule has 0 amide bonds. The molecule has 0 aromatic heterocycles. The van der Waals surface area contributed by atoms with E-state index in [0.29, 0.717) is 0 Å². The SMILES string of the molecule is CCCCCC(C)=C(CCCC)C(C)C(C)C. The van der Waals surface area contributed by atoms with Gasteiger partial charge in [-0.25, -0.2) is 0 Å². The summed E-state index contributed by atoms with van der Waals surface area (Å²) in [6, 6.07) is 0. The molecule has 0 N–H and O–H groups in total. The van der Waals surface area contributed by atoms with Crippen molar-refractivity contribution in [3.05, 3.63) is 11.1 Å².